The Hall–Kier alpha value is -2.68. The van der Waals surface area contributed by atoms with Crippen LogP contribution in [0.1, 0.15) is 18.4 Å². The SMILES string of the molecule is FC(F)(F)c1cnc(N[C@H]2CCCNC2)nc1-n1cnc2ccccc21. The first-order chi connectivity index (χ1) is 12.5. The summed E-state index contributed by atoms with van der Waals surface area (Å²) in [4.78, 5) is 12.2. The molecular formula is C17H17F3N6. The maximum atomic E-state index is 13.5. The molecule has 0 saturated carbocycles. The van der Waals surface area contributed by atoms with E-state index < -0.39 is 11.7 Å². The largest absolute Gasteiger partial charge is 0.421 e. The summed E-state index contributed by atoms with van der Waals surface area (Å²) < 4.78 is 41.8. The van der Waals surface area contributed by atoms with Gasteiger partial charge in [-0.2, -0.15) is 18.2 Å². The van der Waals surface area contributed by atoms with Crippen molar-refractivity contribution in [2.75, 3.05) is 18.4 Å². The predicted octanol–water partition coefficient (Wildman–Crippen LogP) is 3.00. The Kier molecular flexibility index (Phi) is 4.23. The van der Waals surface area contributed by atoms with Crippen LogP contribution < -0.4 is 10.6 Å². The topological polar surface area (TPSA) is 67.7 Å². The van der Waals surface area contributed by atoms with Crippen molar-refractivity contribution in [3.63, 3.8) is 0 Å². The van der Waals surface area contributed by atoms with Gasteiger partial charge in [-0.1, -0.05) is 12.1 Å². The number of fused-ring (bicyclic) bond motifs is 1. The van der Waals surface area contributed by atoms with Gasteiger partial charge in [-0.25, -0.2) is 9.97 Å². The molecule has 3 heterocycles. The molecule has 0 spiro atoms. The zero-order chi connectivity index (χ0) is 18.1. The van der Waals surface area contributed by atoms with Crippen LogP contribution in [0.15, 0.2) is 36.8 Å². The highest BCUT2D eigenvalue weighted by Gasteiger charge is 2.36. The van der Waals surface area contributed by atoms with Crippen LogP contribution in [0.4, 0.5) is 19.1 Å². The van der Waals surface area contributed by atoms with E-state index in [0.717, 1.165) is 32.1 Å². The lowest BCUT2D eigenvalue weighted by atomic mass is 10.1. The third-order valence-corrected chi connectivity index (χ3v) is 4.39. The molecule has 0 bridgehead atoms. The zero-order valence-electron chi connectivity index (χ0n) is 13.8. The Balaban J connectivity index is 1.78. The molecule has 1 aliphatic rings. The molecule has 2 aromatic heterocycles. The molecule has 4 rings (SSSR count). The van der Waals surface area contributed by atoms with E-state index in [4.69, 9.17) is 0 Å². The highest BCUT2D eigenvalue weighted by atomic mass is 19.4. The van der Waals surface area contributed by atoms with Gasteiger partial charge in [0.05, 0.1) is 11.0 Å². The number of benzene rings is 1. The van der Waals surface area contributed by atoms with E-state index in [-0.39, 0.29) is 17.8 Å². The molecule has 1 saturated heterocycles. The lowest BCUT2D eigenvalue weighted by Crippen LogP contribution is -2.38. The van der Waals surface area contributed by atoms with Crippen LogP contribution in [-0.2, 0) is 6.18 Å². The van der Waals surface area contributed by atoms with Crippen LogP contribution in [0, 0.1) is 0 Å². The number of hydrogen-bond acceptors (Lipinski definition) is 5. The second-order valence-corrected chi connectivity index (χ2v) is 6.22. The van der Waals surface area contributed by atoms with Crippen molar-refractivity contribution in [2.24, 2.45) is 0 Å². The highest BCUT2D eigenvalue weighted by Crippen LogP contribution is 2.34. The summed E-state index contributed by atoms with van der Waals surface area (Å²) in [6, 6.07) is 7.08. The summed E-state index contributed by atoms with van der Waals surface area (Å²) in [5, 5.41) is 6.37. The second kappa shape index (κ2) is 6.56. The number of aromatic nitrogens is 4. The van der Waals surface area contributed by atoms with E-state index in [0.29, 0.717) is 11.0 Å². The smallest absolute Gasteiger partial charge is 0.350 e. The number of alkyl halides is 3. The summed E-state index contributed by atoms with van der Waals surface area (Å²) in [5.74, 6) is -0.0491. The van der Waals surface area contributed by atoms with E-state index in [1.165, 1.54) is 10.9 Å². The number of hydrogen-bond donors (Lipinski definition) is 2. The maximum absolute atomic E-state index is 13.5. The molecule has 0 radical (unpaired) electrons. The van der Waals surface area contributed by atoms with Gasteiger partial charge in [0.2, 0.25) is 5.95 Å². The molecule has 0 unspecified atom stereocenters. The molecule has 0 aliphatic carbocycles. The number of piperidine rings is 1. The Bertz CT molecular complexity index is 914. The first kappa shape index (κ1) is 16.8. The van der Waals surface area contributed by atoms with Gasteiger partial charge in [0.15, 0.2) is 5.82 Å². The number of anilines is 1. The van der Waals surface area contributed by atoms with Crippen LogP contribution in [0.3, 0.4) is 0 Å². The van der Waals surface area contributed by atoms with Crippen molar-refractivity contribution < 1.29 is 13.2 Å². The lowest BCUT2D eigenvalue weighted by Gasteiger charge is -2.24. The van der Waals surface area contributed by atoms with Gasteiger partial charge in [-0.05, 0) is 31.5 Å². The van der Waals surface area contributed by atoms with Crippen molar-refractivity contribution in [1.29, 1.82) is 0 Å². The molecule has 0 amide bonds. The van der Waals surface area contributed by atoms with Gasteiger partial charge in [0.1, 0.15) is 11.9 Å². The molecule has 9 heteroatoms. The molecule has 3 aromatic rings. The monoisotopic (exact) mass is 362 g/mol. The van der Waals surface area contributed by atoms with Crippen molar-refractivity contribution in [1.82, 2.24) is 24.8 Å². The van der Waals surface area contributed by atoms with Crippen molar-refractivity contribution >= 4 is 17.0 Å². The molecular weight excluding hydrogens is 345 g/mol. The summed E-state index contributed by atoms with van der Waals surface area (Å²) in [6.45, 7) is 1.67. The molecule has 1 fully saturated rings. The molecule has 6 nitrogen and oxygen atoms in total. The summed E-state index contributed by atoms with van der Waals surface area (Å²) in [7, 11) is 0. The van der Waals surface area contributed by atoms with E-state index >= 15 is 0 Å². The number of rotatable bonds is 3. The average Bonchev–Trinajstić information content (AvgIpc) is 3.05. The maximum Gasteiger partial charge on any atom is 0.421 e. The minimum atomic E-state index is -4.56. The quantitative estimate of drug-likeness (QED) is 0.750. The molecule has 1 aliphatic heterocycles. The second-order valence-electron chi connectivity index (χ2n) is 6.22. The van der Waals surface area contributed by atoms with Gasteiger partial charge in [-0.3, -0.25) is 4.57 Å². The van der Waals surface area contributed by atoms with Crippen molar-refractivity contribution in [3.05, 3.63) is 42.4 Å². The van der Waals surface area contributed by atoms with Gasteiger partial charge < -0.3 is 10.6 Å². The third kappa shape index (κ3) is 3.22. The van der Waals surface area contributed by atoms with E-state index in [2.05, 4.69) is 25.6 Å². The van der Waals surface area contributed by atoms with Crippen LogP contribution in [0.25, 0.3) is 16.9 Å². The standard InChI is InChI=1S/C17H17F3N6/c18-17(19,20)12-9-22-16(24-11-4-3-7-21-8-11)25-15(12)26-10-23-13-5-1-2-6-14(13)26/h1-2,5-6,9-11,21H,3-4,7-8H2,(H,22,24,25)/t11-/m0/s1. The number of para-hydroxylation sites is 2. The van der Waals surface area contributed by atoms with Crippen molar-refractivity contribution in [2.45, 2.75) is 25.1 Å². The fourth-order valence-corrected chi connectivity index (χ4v) is 3.11. The minimum absolute atomic E-state index is 0.0906. The molecule has 2 N–H and O–H groups in total. The van der Waals surface area contributed by atoms with Crippen LogP contribution in [-0.4, -0.2) is 38.7 Å². The highest BCUT2D eigenvalue weighted by molar-refractivity contribution is 5.77. The van der Waals surface area contributed by atoms with Gasteiger partial charge in [-0.15, -0.1) is 0 Å². The van der Waals surface area contributed by atoms with Crippen LogP contribution >= 0.6 is 0 Å². The first-order valence-corrected chi connectivity index (χ1v) is 8.36. The number of halogens is 3. The Labute approximate surface area is 147 Å². The average molecular weight is 362 g/mol. The number of nitrogens with zero attached hydrogens (tertiary/aromatic N) is 4. The van der Waals surface area contributed by atoms with E-state index in [9.17, 15) is 13.2 Å². The molecule has 26 heavy (non-hydrogen) atoms. The normalized spacial score (nSPS) is 18.2. The van der Waals surface area contributed by atoms with Gasteiger partial charge in [0.25, 0.3) is 0 Å². The Morgan fingerprint density at radius 1 is 1.19 bits per heavy atom. The predicted molar refractivity (Wildman–Crippen MR) is 91.2 cm³/mol. The Morgan fingerprint density at radius 3 is 2.81 bits per heavy atom. The molecule has 136 valence electrons. The summed E-state index contributed by atoms with van der Waals surface area (Å²) in [6.07, 6.45) is -0.465. The third-order valence-electron chi connectivity index (χ3n) is 4.39. The molecule has 1 atom stereocenters. The van der Waals surface area contributed by atoms with Gasteiger partial charge >= 0.3 is 6.18 Å². The van der Waals surface area contributed by atoms with E-state index in [1.807, 2.05) is 0 Å². The lowest BCUT2D eigenvalue weighted by molar-refractivity contribution is -0.137. The minimum Gasteiger partial charge on any atom is -0.350 e. The van der Waals surface area contributed by atoms with Crippen LogP contribution in [0.5, 0.6) is 0 Å². The fraction of sp³-hybridized carbons (Fsp3) is 0.353. The van der Waals surface area contributed by atoms with Gasteiger partial charge in [0, 0.05) is 18.8 Å². The Morgan fingerprint density at radius 2 is 2.04 bits per heavy atom. The fourth-order valence-electron chi connectivity index (χ4n) is 3.11. The van der Waals surface area contributed by atoms with E-state index in [1.54, 1.807) is 24.3 Å². The summed E-state index contributed by atoms with van der Waals surface area (Å²) >= 11 is 0. The van der Waals surface area contributed by atoms with Crippen molar-refractivity contribution in [3.8, 4) is 5.82 Å². The summed E-state index contributed by atoms with van der Waals surface area (Å²) in [5.41, 5.74) is 0.264. The number of nitrogens with one attached hydrogen (secondary N) is 2. The zero-order valence-corrected chi connectivity index (χ0v) is 13.8. The number of imidazole rings is 1. The molecule has 1 aromatic carbocycles. The van der Waals surface area contributed by atoms with Crippen LogP contribution in [0.2, 0.25) is 0 Å². The first-order valence-electron chi connectivity index (χ1n) is 8.36.